The quantitative estimate of drug-likeness (QED) is 0.657. The summed E-state index contributed by atoms with van der Waals surface area (Å²) in [5.41, 5.74) is 2.24. The molecule has 0 aliphatic rings. The Balaban J connectivity index is 2.79. The Morgan fingerprint density at radius 3 is 2.67 bits per heavy atom. The van der Waals surface area contributed by atoms with Gasteiger partial charge in [-0.2, -0.15) is 0 Å². The summed E-state index contributed by atoms with van der Waals surface area (Å²) in [6.45, 7) is 2.08. The molecule has 0 radical (unpaired) electrons. The van der Waals surface area contributed by atoms with Crippen molar-refractivity contribution in [3.05, 3.63) is 35.4 Å². The third-order valence-corrected chi connectivity index (χ3v) is 1.88. The highest BCUT2D eigenvalue weighted by Gasteiger charge is 1.99. The van der Waals surface area contributed by atoms with Crippen LogP contribution in [0.4, 0.5) is 0 Å². The van der Waals surface area contributed by atoms with Crippen LogP contribution in [0.5, 0.6) is 0 Å². The van der Waals surface area contributed by atoms with Crippen LogP contribution in [0.25, 0.3) is 0 Å². The van der Waals surface area contributed by atoms with Gasteiger partial charge in [-0.1, -0.05) is 31.2 Å². The lowest BCUT2D eigenvalue weighted by Crippen LogP contribution is -1.93. The summed E-state index contributed by atoms with van der Waals surface area (Å²) in [5.74, 6) is 0. The maximum Gasteiger partial charge on any atom is 0.226 e. The van der Waals surface area contributed by atoms with Gasteiger partial charge in [-0.3, -0.25) is 4.79 Å². The van der Waals surface area contributed by atoms with Crippen LogP contribution in [-0.2, 0) is 17.6 Å². The molecule has 0 aliphatic heterocycles. The number of halogens is 1. The number of carbonyl (C=O) groups excluding carboxylic acids is 1. The minimum absolute atomic E-state index is 0.303. The zero-order valence-corrected chi connectivity index (χ0v) is 7.77. The van der Waals surface area contributed by atoms with Gasteiger partial charge in [0, 0.05) is 6.42 Å². The van der Waals surface area contributed by atoms with Gasteiger partial charge in [-0.05, 0) is 29.1 Å². The molecule has 0 aliphatic carbocycles. The molecule has 0 atom stereocenters. The number of aryl methyl sites for hydroxylation is 1. The van der Waals surface area contributed by atoms with E-state index in [1.54, 1.807) is 0 Å². The molecule has 0 bridgehead atoms. The average Bonchev–Trinajstić information content (AvgIpc) is 2.03. The van der Waals surface area contributed by atoms with Crippen molar-refractivity contribution < 1.29 is 4.79 Å². The number of hydrogen-bond acceptors (Lipinski definition) is 1. The molecular weight excluding hydrogens is 172 g/mol. The molecule has 2 heteroatoms. The van der Waals surface area contributed by atoms with E-state index < -0.39 is 0 Å². The third kappa shape index (κ3) is 2.67. The zero-order valence-electron chi connectivity index (χ0n) is 7.01. The fourth-order valence-corrected chi connectivity index (χ4v) is 1.27. The molecule has 0 unspecified atom stereocenters. The van der Waals surface area contributed by atoms with Crippen molar-refractivity contribution in [2.24, 2.45) is 0 Å². The molecule has 0 saturated carbocycles. The Morgan fingerprint density at radius 1 is 1.42 bits per heavy atom. The summed E-state index contributed by atoms with van der Waals surface area (Å²) in [7, 11) is 0. The van der Waals surface area contributed by atoms with Gasteiger partial charge in [0.15, 0.2) is 0 Å². The van der Waals surface area contributed by atoms with Crippen LogP contribution in [0.1, 0.15) is 18.1 Å². The highest BCUT2D eigenvalue weighted by atomic mass is 35.5. The van der Waals surface area contributed by atoms with Crippen LogP contribution in [0, 0.1) is 0 Å². The fourth-order valence-electron chi connectivity index (χ4n) is 1.12. The van der Waals surface area contributed by atoms with Crippen LogP contribution < -0.4 is 0 Å². The van der Waals surface area contributed by atoms with E-state index >= 15 is 0 Å². The first-order valence-corrected chi connectivity index (χ1v) is 4.36. The summed E-state index contributed by atoms with van der Waals surface area (Å²) in [5, 5.41) is -0.303. The minimum atomic E-state index is -0.303. The SMILES string of the molecule is CCc1cccc(CC(=O)Cl)c1. The second kappa shape index (κ2) is 4.27. The van der Waals surface area contributed by atoms with E-state index in [0.717, 1.165) is 12.0 Å². The number of benzene rings is 1. The Bertz CT molecular complexity index is 281. The standard InChI is InChI=1S/C10H11ClO/c1-2-8-4-3-5-9(6-8)7-10(11)12/h3-6H,2,7H2,1H3. The van der Waals surface area contributed by atoms with Crippen molar-refractivity contribution >= 4 is 16.8 Å². The summed E-state index contributed by atoms with van der Waals surface area (Å²) in [6, 6.07) is 7.93. The molecule has 1 rings (SSSR count). The molecular formula is C10H11ClO. The minimum Gasteiger partial charge on any atom is -0.281 e. The Morgan fingerprint density at radius 2 is 2.08 bits per heavy atom. The molecule has 0 saturated heterocycles. The van der Waals surface area contributed by atoms with E-state index in [1.807, 2.05) is 24.3 Å². The smallest absolute Gasteiger partial charge is 0.226 e. The molecule has 1 aromatic rings. The monoisotopic (exact) mass is 182 g/mol. The molecule has 0 N–H and O–H groups in total. The van der Waals surface area contributed by atoms with Crippen molar-refractivity contribution in [2.75, 3.05) is 0 Å². The highest BCUT2D eigenvalue weighted by molar-refractivity contribution is 6.63. The normalized spacial score (nSPS) is 9.83. The average molecular weight is 183 g/mol. The largest absolute Gasteiger partial charge is 0.281 e. The van der Waals surface area contributed by atoms with Crippen molar-refractivity contribution in [2.45, 2.75) is 19.8 Å². The van der Waals surface area contributed by atoms with Crippen LogP contribution in [0.2, 0.25) is 0 Å². The van der Waals surface area contributed by atoms with E-state index in [9.17, 15) is 4.79 Å². The Labute approximate surface area is 77.4 Å². The number of hydrogen-bond donors (Lipinski definition) is 0. The van der Waals surface area contributed by atoms with E-state index in [-0.39, 0.29) is 5.24 Å². The fraction of sp³-hybridized carbons (Fsp3) is 0.300. The molecule has 0 heterocycles. The Kier molecular flexibility index (Phi) is 3.30. The summed E-state index contributed by atoms with van der Waals surface area (Å²) in [6.07, 6.45) is 1.32. The molecule has 64 valence electrons. The molecule has 1 aromatic carbocycles. The van der Waals surface area contributed by atoms with Gasteiger partial charge in [-0.15, -0.1) is 0 Å². The molecule has 0 aromatic heterocycles. The molecule has 0 amide bonds. The molecule has 1 nitrogen and oxygen atoms in total. The Hall–Kier alpha value is -0.820. The van der Waals surface area contributed by atoms with E-state index in [0.29, 0.717) is 6.42 Å². The third-order valence-electron chi connectivity index (χ3n) is 1.74. The van der Waals surface area contributed by atoms with Gasteiger partial charge < -0.3 is 0 Å². The lowest BCUT2D eigenvalue weighted by molar-refractivity contribution is -0.111. The predicted molar refractivity (Wildman–Crippen MR) is 50.4 cm³/mol. The summed E-state index contributed by atoms with van der Waals surface area (Å²) < 4.78 is 0. The zero-order chi connectivity index (χ0) is 8.97. The van der Waals surface area contributed by atoms with Crippen LogP contribution in [-0.4, -0.2) is 5.24 Å². The molecule has 0 spiro atoms. The van der Waals surface area contributed by atoms with Gasteiger partial charge in [0.1, 0.15) is 0 Å². The van der Waals surface area contributed by atoms with Gasteiger partial charge in [0.25, 0.3) is 0 Å². The summed E-state index contributed by atoms with van der Waals surface area (Å²) >= 11 is 5.27. The van der Waals surface area contributed by atoms with E-state index in [2.05, 4.69) is 6.92 Å². The lowest BCUT2D eigenvalue weighted by atomic mass is 10.1. The van der Waals surface area contributed by atoms with Gasteiger partial charge in [0.05, 0.1) is 0 Å². The second-order valence-corrected chi connectivity index (χ2v) is 3.13. The summed E-state index contributed by atoms with van der Waals surface area (Å²) in [4.78, 5) is 10.6. The topological polar surface area (TPSA) is 17.1 Å². The lowest BCUT2D eigenvalue weighted by Gasteiger charge is -1.99. The van der Waals surface area contributed by atoms with Gasteiger partial charge in [0.2, 0.25) is 5.24 Å². The highest BCUT2D eigenvalue weighted by Crippen LogP contribution is 2.07. The predicted octanol–water partition coefficient (Wildman–Crippen LogP) is 2.56. The second-order valence-electron chi connectivity index (χ2n) is 2.71. The number of rotatable bonds is 3. The number of carbonyl (C=O) groups is 1. The van der Waals surface area contributed by atoms with Crippen molar-refractivity contribution in [1.29, 1.82) is 0 Å². The molecule has 12 heavy (non-hydrogen) atoms. The van der Waals surface area contributed by atoms with E-state index in [4.69, 9.17) is 11.6 Å². The van der Waals surface area contributed by atoms with Crippen LogP contribution >= 0.6 is 11.6 Å². The first-order chi connectivity index (χ1) is 5.72. The maximum absolute atomic E-state index is 10.6. The van der Waals surface area contributed by atoms with Crippen molar-refractivity contribution in [1.82, 2.24) is 0 Å². The van der Waals surface area contributed by atoms with Gasteiger partial charge in [-0.25, -0.2) is 0 Å². The molecule has 0 fully saturated rings. The van der Waals surface area contributed by atoms with Gasteiger partial charge >= 0.3 is 0 Å². The van der Waals surface area contributed by atoms with Crippen LogP contribution in [0.15, 0.2) is 24.3 Å². The van der Waals surface area contributed by atoms with Crippen LogP contribution in [0.3, 0.4) is 0 Å². The maximum atomic E-state index is 10.6. The first kappa shape index (κ1) is 9.27. The van der Waals surface area contributed by atoms with Crippen molar-refractivity contribution in [3.8, 4) is 0 Å². The first-order valence-electron chi connectivity index (χ1n) is 3.98. The van der Waals surface area contributed by atoms with Crippen molar-refractivity contribution in [3.63, 3.8) is 0 Å². The van der Waals surface area contributed by atoms with E-state index in [1.165, 1.54) is 5.56 Å².